The molecule has 2 aliphatic rings. The zero-order valence-electron chi connectivity index (χ0n) is 23.5. The first-order chi connectivity index (χ1) is 19.1. The predicted molar refractivity (Wildman–Crippen MR) is 154 cm³/mol. The molecule has 0 radical (unpaired) electrons. The summed E-state index contributed by atoms with van der Waals surface area (Å²) in [5, 5.41) is 6.34. The van der Waals surface area contributed by atoms with Crippen molar-refractivity contribution in [1.29, 1.82) is 0 Å². The molecule has 0 saturated heterocycles. The van der Waals surface area contributed by atoms with E-state index in [2.05, 4.69) is 35.6 Å². The fraction of sp³-hybridized carbons (Fsp3) is 0.429. The lowest BCUT2D eigenvalue weighted by atomic mass is 10.2. The number of hydrogen-bond acceptors (Lipinski definition) is 10. The van der Waals surface area contributed by atoms with Gasteiger partial charge in [0.15, 0.2) is 15.5 Å². The van der Waals surface area contributed by atoms with E-state index in [0.29, 0.717) is 29.1 Å². The minimum Gasteiger partial charge on any atom is -0.373 e. The monoisotopic (exact) mass is 564 g/mol. The van der Waals surface area contributed by atoms with Crippen LogP contribution in [-0.2, 0) is 14.6 Å². The summed E-state index contributed by atoms with van der Waals surface area (Å²) in [6.07, 6.45) is 13.9. The lowest BCUT2D eigenvalue weighted by Gasteiger charge is -2.13. The van der Waals surface area contributed by atoms with E-state index in [-0.39, 0.29) is 10.9 Å². The van der Waals surface area contributed by atoms with E-state index in [9.17, 15) is 13.2 Å². The first kappa shape index (κ1) is 29.1. The highest BCUT2D eigenvalue weighted by molar-refractivity contribution is 7.91. The normalized spacial score (nSPS) is 15.2. The molecule has 1 unspecified atom stereocenters. The molecular formula is C28H36N8O3S. The zero-order chi connectivity index (χ0) is 28.9. The van der Waals surface area contributed by atoms with Crippen molar-refractivity contribution < 1.29 is 13.2 Å². The topological polar surface area (TPSA) is 144 Å². The Morgan fingerprint density at radius 2 is 1.77 bits per heavy atom. The maximum absolute atomic E-state index is 12.3. The quantitative estimate of drug-likeness (QED) is 0.312. The van der Waals surface area contributed by atoms with Crippen molar-refractivity contribution in [2.24, 2.45) is 5.92 Å². The van der Waals surface area contributed by atoms with Gasteiger partial charge in [0.25, 0.3) is 0 Å². The molecule has 2 N–H and O–H groups in total. The number of pyridine rings is 1. The average molecular weight is 565 g/mol. The smallest absolute Gasteiger partial charge is 0.179 e. The van der Waals surface area contributed by atoms with Crippen molar-refractivity contribution in [1.82, 2.24) is 29.3 Å². The highest BCUT2D eigenvalue weighted by Crippen LogP contribution is 2.41. The van der Waals surface area contributed by atoms with Crippen LogP contribution in [0.4, 0.5) is 11.6 Å². The van der Waals surface area contributed by atoms with Crippen LogP contribution in [0.25, 0.3) is 5.65 Å². The number of sulfone groups is 1. The number of imidazole rings is 1. The Hall–Kier alpha value is -3.93. The predicted octanol–water partition coefficient (Wildman–Crippen LogP) is 4.31. The fourth-order valence-corrected chi connectivity index (χ4v) is 4.72. The number of aromatic nitrogens is 6. The molecule has 40 heavy (non-hydrogen) atoms. The maximum Gasteiger partial charge on any atom is 0.179 e. The number of aldehydes is 1. The molecule has 0 aliphatic heterocycles. The van der Waals surface area contributed by atoms with Crippen LogP contribution in [0.2, 0.25) is 0 Å². The molecule has 0 aromatic carbocycles. The van der Waals surface area contributed by atoms with E-state index in [4.69, 9.17) is 0 Å². The number of carbonyl (C=O) groups excluding carboxylic acids is 1. The molecule has 0 bridgehead atoms. The van der Waals surface area contributed by atoms with Crippen LogP contribution in [0.15, 0.2) is 48.0 Å². The molecule has 0 amide bonds. The van der Waals surface area contributed by atoms with Gasteiger partial charge in [0, 0.05) is 49.6 Å². The first-order valence-electron chi connectivity index (χ1n) is 13.3. The SMILES string of the molecule is CNc1cc(NC(C)c2cn3cc(C4CC4)cc(S(C)(=O)=O)c3n2)nc(C)n1.Cc1ccncn1.O=CC1CC1. The molecule has 4 heterocycles. The third kappa shape index (κ3) is 8.04. The lowest BCUT2D eigenvalue weighted by Crippen LogP contribution is -2.10. The average Bonchev–Trinajstić information content (AvgIpc) is 3.85. The van der Waals surface area contributed by atoms with E-state index < -0.39 is 9.84 Å². The molecule has 2 aliphatic carbocycles. The molecule has 0 spiro atoms. The largest absolute Gasteiger partial charge is 0.373 e. The minimum atomic E-state index is -3.38. The molecule has 11 nitrogen and oxygen atoms in total. The second kappa shape index (κ2) is 12.5. The number of hydrogen-bond donors (Lipinski definition) is 2. The van der Waals surface area contributed by atoms with Gasteiger partial charge in [0.1, 0.15) is 35.0 Å². The Morgan fingerprint density at radius 1 is 1.05 bits per heavy atom. The van der Waals surface area contributed by atoms with Crippen molar-refractivity contribution in [3.63, 3.8) is 0 Å². The molecular weight excluding hydrogens is 528 g/mol. The number of nitrogens with one attached hydrogen (secondary N) is 2. The van der Waals surface area contributed by atoms with Gasteiger partial charge in [0.05, 0.1) is 11.7 Å². The molecule has 1 atom stereocenters. The van der Waals surface area contributed by atoms with Crippen LogP contribution in [0.3, 0.4) is 0 Å². The summed E-state index contributed by atoms with van der Waals surface area (Å²) in [6, 6.07) is 5.31. The van der Waals surface area contributed by atoms with Gasteiger partial charge in [-0.2, -0.15) is 0 Å². The van der Waals surface area contributed by atoms with Gasteiger partial charge < -0.3 is 19.8 Å². The van der Waals surface area contributed by atoms with Crippen LogP contribution < -0.4 is 10.6 Å². The van der Waals surface area contributed by atoms with Crippen LogP contribution in [0.1, 0.15) is 67.3 Å². The van der Waals surface area contributed by atoms with E-state index in [1.54, 1.807) is 19.3 Å². The van der Waals surface area contributed by atoms with E-state index in [1.165, 1.54) is 12.6 Å². The van der Waals surface area contributed by atoms with E-state index in [1.807, 2.05) is 49.7 Å². The van der Waals surface area contributed by atoms with Crippen LogP contribution in [-0.4, -0.2) is 57.3 Å². The molecule has 2 fully saturated rings. The Morgan fingerprint density at radius 3 is 2.27 bits per heavy atom. The number of fused-ring (bicyclic) bond motifs is 1. The number of nitrogens with zero attached hydrogens (tertiary/aromatic N) is 6. The third-order valence-electron chi connectivity index (χ3n) is 6.45. The zero-order valence-corrected chi connectivity index (χ0v) is 24.3. The van der Waals surface area contributed by atoms with Gasteiger partial charge in [0.2, 0.25) is 0 Å². The summed E-state index contributed by atoms with van der Waals surface area (Å²) < 4.78 is 26.5. The highest BCUT2D eigenvalue weighted by Gasteiger charge is 2.27. The Balaban J connectivity index is 0.000000253. The summed E-state index contributed by atoms with van der Waals surface area (Å²) in [6.45, 7) is 5.74. The van der Waals surface area contributed by atoms with Gasteiger partial charge in [-0.25, -0.2) is 33.3 Å². The van der Waals surface area contributed by atoms with Crippen LogP contribution >= 0.6 is 0 Å². The Kier molecular flexibility index (Phi) is 9.08. The molecule has 12 heteroatoms. The van der Waals surface area contributed by atoms with Gasteiger partial charge >= 0.3 is 0 Å². The molecule has 4 aromatic rings. The minimum absolute atomic E-state index is 0.157. The molecule has 2 saturated carbocycles. The van der Waals surface area contributed by atoms with Crippen LogP contribution in [0, 0.1) is 19.8 Å². The summed E-state index contributed by atoms with van der Waals surface area (Å²) in [7, 11) is -1.57. The number of carbonyl (C=O) groups is 1. The van der Waals surface area contributed by atoms with Gasteiger partial charge in [-0.15, -0.1) is 0 Å². The number of anilines is 2. The maximum atomic E-state index is 12.3. The Labute approximate surface area is 234 Å². The van der Waals surface area contributed by atoms with Crippen LogP contribution in [0.5, 0.6) is 0 Å². The number of aryl methyl sites for hydroxylation is 2. The summed E-state index contributed by atoms with van der Waals surface area (Å²) in [4.78, 5) is 30.8. The number of rotatable bonds is 7. The first-order valence-corrected chi connectivity index (χ1v) is 15.2. The third-order valence-corrected chi connectivity index (χ3v) is 7.55. The van der Waals surface area contributed by atoms with Crippen molar-refractivity contribution in [2.75, 3.05) is 23.9 Å². The van der Waals surface area contributed by atoms with Crippen molar-refractivity contribution in [3.05, 3.63) is 65.9 Å². The summed E-state index contributed by atoms with van der Waals surface area (Å²) in [5.41, 5.74) is 3.28. The summed E-state index contributed by atoms with van der Waals surface area (Å²) in [5.74, 6) is 2.98. The van der Waals surface area contributed by atoms with Gasteiger partial charge in [-0.05, 0) is 70.1 Å². The van der Waals surface area contributed by atoms with Crippen molar-refractivity contribution in [3.8, 4) is 0 Å². The van der Waals surface area contributed by atoms with Gasteiger partial charge in [-0.3, -0.25) is 0 Å². The van der Waals surface area contributed by atoms with E-state index >= 15 is 0 Å². The second-order valence-corrected chi connectivity index (χ2v) is 12.2. The summed E-state index contributed by atoms with van der Waals surface area (Å²) >= 11 is 0. The highest BCUT2D eigenvalue weighted by atomic mass is 32.2. The molecule has 6 rings (SSSR count). The van der Waals surface area contributed by atoms with Gasteiger partial charge in [-0.1, -0.05) is 0 Å². The molecule has 212 valence electrons. The van der Waals surface area contributed by atoms with Crippen molar-refractivity contribution >= 4 is 33.4 Å². The standard InChI is InChI=1S/C19H24N6O2S.C5H6N2.C4H6O/c1-11(21-18-8-17(20-3)22-12(2)23-18)15-10-25-9-14(13-5-6-13)7-16(19(25)24-15)28(4,26)27;1-5-2-3-6-4-7-5;5-3-4-1-2-4/h7-11,13H,5-6H2,1-4H3,(H2,20,21,22,23);2-4H,1H3;3-4H,1-2H2. The van der Waals surface area contributed by atoms with E-state index in [0.717, 1.165) is 54.7 Å². The second-order valence-electron chi connectivity index (χ2n) is 10.2. The fourth-order valence-electron chi connectivity index (χ4n) is 3.88. The van der Waals surface area contributed by atoms with Crippen molar-refractivity contribution in [2.45, 2.75) is 63.3 Å². The Bertz CT molecular complexity index is 1570. The molecule has 4 aromatic heterocycles. The lowest BCUT2D eigenvalue weighted by molar-refractivity contribution is -0.108.